The van der Waals surface area contributed by atoms with Crippen molar-refractivity contribution in [1.82, 2.24) is 10.0 Å². The van der Waals surface area contributed by atoms with Crippen LogP contribution in [0.3, 0.4) is 0 Å². The van der Waals surface area contributed by atoms with E-state index in [1.165, 1.54) is 5.56 Å². The van der Waals surface area contributed by atoms with Crippen LogP contribution in [0.1, 0.15) is 36.8 Å². The van der Waals surface area contributed by atoms with E-state index in [-0.39, 0.29) is 12.1 Å². The standard InChI is InChI=1S/C20H26N2O2S/c1-16-11-13-18(14-12-16)25(23,24)22-20-10-6-5-9-19(20)21-15-17-7-3-2-4-8-17/h2-4,7-8,11-14,19-22H,5-6,9-10,15H2,1H3. The molecular weight excluding hydrogens is 332 g/mol. The van der Waals surface area contributed by atoms with Crippen LogP contribution in [0.4, 0.5) is 0 Å². The van der Waals surface area contributed by atoms with Crippen LogP contribution in [0.15, 0.2) is 59.5 Å². The molecule has 3 rings (SSSR count). The Balaban J connectivity index is 1.67. The van der Waals surface area contributed by atoms with E-state index in [1.807, 2.05) is 37.3 Å². The van der Waals surface area contributed by atoms with Gasteiger partial charge >= 0.3 is 0 Å². The third-order valence-corrected chi connectivity index (χ3v) is 6.32. The fourth-order valence-corrected chi connectivity index (χ4v) is 4.66. The first-order valence-electron chi connectivity index (χ1n) is 8.91. The molecule has 1 saturated carbocycles. The van der Waals surface area contributed by atoms with Gasteiger partial charge in [0.2, 0.25) is 10.0 Å². The van der Waals surface area contributed by atoms with Crippen molar-refractivity contribution in [3.63, 3.8) is 0 Å². The maximum atomic E-state index is 12.7. The molecule has 2 N–H and O–H groups in total. The van der Waals surface area contributed by atoms with Gasteiger partial charge in [-0.1, -0.05) is 60.9 Å². The van der Waals surface area contributed by atoms with Crippen molar-refractivity contribution in [2.24, 2.45) is 0 Å². The average Bonchev–Trinajstić information content (AvgIpc) is 2.62. The smallest absolute Gasteiger partial charge is 0.240 e. The van der Waals surface area contributed by atoms with Gasteiger partial charge in [-0.15, -0.1) is 0 Å². The molecule has 0 heterocycles. The molecule has 0 spiro atoms. The highest BCUT2D eigenvalue weighted by molar-refractivity contribution is 7.89. The summed E-state index contributed by atoms with van der Waals surface area (Å²) in [5.41, 5.74) is 2.27. The summed E-state index contributed by atoms with van der Waals surface area (Å²) in [6, 6.07) is 17.3. The Morgan fingerprint density at radius 1 is 0.920 bits per heavy atom. The molecule has 0 amide bonds. The predicted octanol–water partition coefficient (Wildman–Crippen LogP) is 3.37. The minimum absolute atomic E-state index is 0.0660. The third-order valence-electron chi connectivity index (χ3n) is 4.81. The Labute approximate surface area is 150 Å². The molecule has 25 heavy (non-hydrogen) atoms. The molecule has 134 valence electrons. The lowest BCUT2D eigenvalue weighted by Gasteiger charge is -2.32. The molecule has 1 aliphatic carbocycles. The molecule has 2 aromatic carbocycles. The van der Waals surface area contributed by atoms with Crippen LogP contribution in [0.5, 0.6) is 0 Å². The molecule has 2 aromatic rings. The highest BCUT2D eigenvalue weighted by Crippen LogP contribution is 2.21. The first-order chi connectivity index (χ1) is 12.0. The SMILES string of the molecule is Cc1ccc(S(=O)(=O)NC2CCCCC2NCc2ccccc2)cc1. The fourth-order valence-electron chi connectivity index (χ4n) is 3.35. The van der Waals surface area contributed by atoms with E-state index in [9.17, 15) is 8.42 Å². The maximum absolute atomic E-state index is 12.7. The van der Waals surface area contributed by atoms with Gasteiger partial charge < -0.3 is 5.32 Å². The summed E-state index contributed by atoms with van der Waals surface area (Å²) in [4.78, 5) is 0.338. The van der Waals surface area contributed by atoms with E-state index in [1.54, 1.807) is 12.1 Å². The Bertz CT molecular complexity index is 773. The van der Waals surface area contributed by atoms with Gasteiger partial charge in [0.05, 0.1) is 4.90 Å². The van der Waals surface area contributed by atoms with Gasteiger partial charge in [-0.2, -0.15) is 0 Å². The van der Waals surface area contributed by atoms with Crippen LogP contribution < -0.4 is 10.0 Å². The molecule has 2 unspecified atom stereocenters. The monoisotopic (exact) mass is 358 g/mol. The van der Waals surface area contributed by atoms with Crippen molar-refractivity contribution < 1.29 is 8.42 Å². The molecule has 1 fully saturated rings. The Kier molecular flexibility index (Phi) is 5.89. The van der Waals surface area contributed by atoms with Crippen molar-refractivity contribution in [1.29, 1.82) is 0 Å². The van der Waals surface area contributed by atoms with Crippen LogP contribution in [0.2, 0.25) is 0 Å². The second-order valence-electron chi connectivity index (χ2n) is 6.80. The van der Waals surface area contributed by atoms with Crippen LogP contribution in [0.25, 0.3) is 0 Å². The zero-order valence-corrected chi connectivity index (χ0v) is 15.4. The molecule has 2 atom stereocenters. The highest BCUT2D eigenvalue weighted by Gasteiger charge is 2.29. The molecule has 1 aliphatic rings. The summed E-state index contributed by atoms with van der Waals surface area (Å²) in [6.45, 7) is 2.71. The molecule has 5 heteroatoms. The lowest BCUT2D eigenvalue weighted by Crippen LogP contribution is -2.51. The van der Waals surface area contributed by atoms with Gasteiger partial charge in [-0.05, 0) is 37.5 Å². The minimum Gasteiger partial charge on any atom is -0.308 e. The first-order valence-corrected chi connectivity index (χ1v) is 10.4. The molecule has 0 saturated heterocycles. The molecule has 0 aromatic heterocycles. The zero-order chi connectivity index (χ0) is 17.7. The van der Waals surface area contributed by atoms with Crippen molar-refractivity contribution in [3.8, 4) is 0 Å². The first kappa shape index (κ1) is 18.1. The fraction of sp³-hybridized carbons (Fsp3) is 0.400. The van der Waals surface area contributed by atoms with Gasteiger partial charge in [0.15, 0.2) is 0 Å². The van der Waals surface area contributed by atoms with Gasteiger partial charge in [0.25, 0.3) is 0 Å². The van der Waals surface area contributed by atoms with Crippen molar-refractivity contribution in [3.05, 3.63) is 65.7 Å². The summed E-state index contributed by atoms with van der Waals surface area (Å²) in [5.74, 6) is 0. The van der Waals surface area contributed by atoms with Crippen LogP contribution >= 0.6 is 0 Å². The number of rotatable bonds is 6. The molecule has 0 bridgehead atoms. The summed E-state index contributed by atoms with van der Waals surface area (Å²) in [6.07, 6.45) is 4.06. The van der Waals surface area contributed by atoms with Crippen LogP contribution in [-0.4, -0.2) is 20.5 Å². The summed E-state index contributed by atoms with van der Waals surface area (Å²) < 4.78 is 28.3. The van der Waals surface area contributed by atoms with E-state index in [2.05, 4.69) is 22.2 Å². The van der Waals surface area contributed by atoms with E-state index >= 15 is 0 Å². The van der Waals surface area contributed by atoms with Crippen molar-refractivity contribution >= 4 is 10.0 Å². The van der Waals surface area contributed by atoms with E-state index < -0.39 is 10.0 Å². The number of benzene rings is 2. The molecular formula is C20H26N2O2S. The van der Waals surface area contributed by atoms with Gasteiger partial charge in [-0.3, -0.25) is 0 Å². The zero-order valence-electron chi connectivity index (χ0n) is 14.6. The van der Waals surface area contributed by atoms with E-state index in [0.29, 0.717) is 4.90 Å². The Morgan fingerprint density at radius 2 is 1.56 bits per heavy atom. The molecule has 0 radical (unpaired) electrons. The Hall–Kier alpha value is -1.69. The normalized spacial score (nSPS) is 21.2. The van der Waals surface area contributed by atoms with Gasteiger partial charge in [0, 0.05) is 18.6 Å². The summed E-state index contributed by atoms with van der Waals surface area (Å²) >= 11 is 0. The lowest BCUT2D eigenvalue weighted by molar-refractivity contribution is 0.309. The predicted molar refractivity (Wildman–Crippen MR) is 101 cm³/mol. The average molecular weight is 359 g/mol. The Morgan fingerprint density at radius 3 is 2.24 bits per heavy atom. The third kappa shape index (κ3) is 4.91. The second kappa shape index (κ2) is 8.13. The van der Waals surface area contributed by atoms with Crippen LogP contribution in [-0.2, 0) is 16.6 Å². The summed E-state index contributed by atoms with van der Waals surface area (Å²) in [5, 5.41) is 3.54. The van der Waals surface area contributed by atoms with Gasteiger partial charge in [-0.25, -0.2) is 13.1 Å². The minimum atomic E-state index is -3.48. The maximum Gasteiger partial charge on any atom is 0.240 e. The topological polar surface area (TPSA) is 58.2 Å². The van der Waals surface area contributed by atoms with E-state index in [0.717, 1.165) is 37.8 Å². The quantitative estimate of drug-likeness (QED) is 0.832. The molecule has 4 nitrogen and oxygen atoms in total. The number of hydrogen-bond acceptors (Lipinski definition) is 3. The highest BCUT2D eigenvalue weighted by atomic mass is 32.2. The van der Waals surface area contributed by atoms with Crippen LogP contribution in [0, 0.1) is 6.92 Å². The number of aryl methyl sites for hydroxylation is 1. The number of sulfonamides is 1. The largest absolute Gasteiger partial charge is 0.308 e. The second-order valence-corrected chi connectivity index (χ2v) is 8.51. The molecule has 0 aliphatic heterocycles. The van der Waals surface area contributed by atoms with E-state index in [4.69, 9.17) is 0 Å². The van der Waals surface area contributed by atoms with Gasteiger partial charge in [0.1, 0.15) is 0 Å². The number of nitrogens with one attached hydrogen (secondary N) is 2. The number of hydrogen-bond donors (Lipinski definition) is 2. The van der Waals surface area contributed by atoms with Crippen molar-refractivity contribution in [2.75, 3.05) is 0 Å². The van der Waals surface area contributed by atoms with Crippen molar-refractivity contribution in [2.45, 2.75) is 56.1 Å². The lowest BCUT2D eigenvalue weighted by atomic mass is 9.91. The summed E-state index contributed by atoms with van der Waals surface area (Å²) in [7, 11) is -3.48.